The third-order valence-electron chi connectivity index (χ3n) is 3.34. The molecule has 0 spiro atoms. The maximum absolute atomic E-state index is 12.9. The first-order valence-electron chi connectivity index (χ1n) is 6.05. The van der Waals surface area contributed by atoms with Crippen molar-refractivity contribution in [3.63, 3.8) is 0 Å². The zero-order valence-electron chi connectivity index (χ0n) is 9.61. The molecule has 0 saturated heterocycles. The first-order chi connectivity index (χ1) is 8.16. The van der Waals surface area contributed by atoms with E-state index in [4.69, 9.17) is 0 Å². The van der Waals surface area contributed by atoms with E-state index in [9.17, 15) is 13.2 Å². The molecule has 0 unspecified atom stereocenters. The molecule has 1 N–H and O–H groups in total. The zero-order chi connectivity index (χ0) is 12.3. The van der Waals surface area contributed by atoms with Crippen LogP contribution in [0.15, 0.2) is 12.1 Å². The van der Waals surface area contributed by atoms with Crippen molar-refractivity contribution in [2.24, 2.45) is 5.92 Å². The van der Waals surface area contributed by atoms with E-state index in [2.05, 4.69) is 5.32 Å². The molecule has 1 aliphatic carbocycles. The lowest BCUT2D eigenvalue weighted by atomic mass is 10.0. The highest BCUT2D eigenvalue weighted by molar-refractivity contribution is 5.44. The molecule has 0 aromatic heterocycles. The van der Waals surface area contributed by atoms with E-state index in [1.807, 2.05) is 0 Å². The summed E-state index contributed by atoms with van der Waals surface area (Å²) in [5.74, 6) is -2.98. The summed E-state index contributed by atoms with van der Waals surface area (Å²) in [5, 5.41) is 2.93. The van der Waals surface area contributed by atoms with Gasteiger partial charge in [0.2, 0.25) is 0 Å². The Morgan fingerprint density at radius 2 is 1.65 bits per heavy atom. The Balaban J connectivity index is 1.86. The molecule has 1 nitrogen and oxygen atoms in total. The van der Waals surface area contributed by atoms with E-state index in [0.29, 0.717) is 12.2 Å². The van der Waals surface area contributed by atoms with Crippen molar-refractivity contribution in [2.45, 2.75) is 32.1 Å². The molecule has 1 saturated carbocycles. The number of halogens is 3. The van der Waals surface area contributed by atoms with Crippen LogP contribution >= 0.6 is 0 Å². The first-order valence-corrected chi connectivity index (χ1v) is 6.05. The number of nitrogens with one attached hydrogen (secondary N) is 1. The normalized spacial score (nSPS) is 16.4. The van der Waals surface area contributed by atoms with Gasteiger partial charge in [-0.2, -0.15) is 0 Å². The monoisotopic (exact) mass is 243 g/mol. The summed E-state index contributed by atoms with van der Waals surface area (Å²) in [6, 6.07) is 1.99. The average molecular weight is 243 g/mol. The molecule has 1 aliphatic rings. The molecule has 2 rings (SSSR count). The number of benzene rings is 1. The van der Waals surface area contributed by atoms with E-state index in [0.717, 1.165) is 24.5 Å². The molecule has 0 aliphatic heterocycles. The minimum atomic E-state index is -1.41. The van der Waals surface area contributed by atoms with Crippen LogP contribution in [0.1, 0.15) is 32.1 Å². The van der Waals surface area contributed by atoms with Gasteiger partial charge in [-0.05, 0) is 12.3 Å². The topological polar surface area (TPSA) is 12.0 Å². The molecule has 0 radical (unpaired) electrons. The summed E-state index contributed by atoms with van der Waals surface area (Å²) < 4.78 is 38.5. The fraction of sp³-hybridized carbons (Fsp3) is 0.538. The third-order valence-corrected chi connectivity index (χ3v) is 3.34. The fourth-order valence-corrected chi connectivity index (χ4v) is 2.38. The first kappa shape index (κ1) is 12.3. The predicted molar refractivity (Wildman–Crippen MR) is 61.4 cm³/mol. The van der Waals surface area contributed by atoms with Crippen LogP contribution in [0.3, 0.4) is 0 Å². The molecule has 17 heavy (non-hydrogen) atoms. The van der Waals surface area contributed by atoms with Crippen molar-refractivity contribution in [3.05, 3.63) is 29.6 Å². The number of hydrogen-bond acceptors (Lipinski definition) is 1. The molecule has 1 aromatic carbocycles. The van der Waals surface area contributed by atoms with Crippen molar-refractivity contribution in [1.82, 2.24) is 0 Å². The predicted octanol–water partition coefficient (Wildman–Crippen LogP) is 4.10. The summed E-state index contributed by atoms with van der Waals surface area (Å²) in [6.45, 7) is 0.676. The Bertz CT molecular complexity index is 363. The van der Waals surface area contributed by atoms with Crippen LogP contribution in [0.5, 0.6) is 0 Å². The second-order valence-corrected chi connectivity index (χ2v) is 4.62. The maximum atomic E-state index is 12.9. The second kappa shape index (κ2) is 5.43. The van der Waals surface area contributed by atoms with Gasteiger partial charge in [0.1, 0.15) is 0 Å². The molecule has 0 atom stereocenters. The van der Waals surface area contributed by atoms with Crippen molar-refractivity contribution >= 4 is 5.69 Å². The summed E-state index contributed by atoms with van der Waals surface area (Å²) >= 11 is 0. The SMILES string of the molecule is Fc1cc(NCCC2CCCC2)cc(F)c1F. The van der Waals surface area contributed by atoms with Crippen molar-refractivity contribution < 1.29 is 13.2 Å². The number of rotatable bonds is 4. The molecule has 4 heteroatoms. The number of anilines is 1. The van der Waals surface area contributed by atoms with Crippen molar-refractivity contribution in [3.8, 4) is 0 Å². The highest BCUT2D eigenvalue weighted by Gasteiger charge is 2.14. The molecule has 1 aromatic rings. The van der Waals surface area contributed by atoms with Crippen LogP contribution < -0.4 is 5.32 Å². The number of hydrogen-bond donors (Lipinski definition) is 1. The van der Waals surface area contributed by atoms with Gasteiger partial charge in [0.15, 0.2) is 17.5 Å². The highest BCUT2D eigenvalue weighted by atomic mass is 19.2. The zero-order valence-corrected chi connectivity index (χ0v) is 9.61. The van der Waals surface area contributed by atoms with Crippen molar-refractivity contribution in [1.29, 1.82) is 0 Å². The molecular formula is C13H16F3N. The Morgan fingerprint density at radius 1 is 1.06 bits per heavy atom. The molecular weight excluding hydrogens is 227 g/mol. The lowest BCUT2D eigenvalue weighted by Gasteiger charge is -2.11. The molecule has 94 valence electrons. The van der Waals surface area contributed by atoms with Gasteiger partial charge < -0.3 is 5.32 Å². The summed E-state index contributed by atoms with van der Waals surface area (Å²) in [5.41, 5.74) is 0.305. The molecule has 1 fully saturated rings. The lowest BCUT2D eigenvalue weighted by molar-refractivity contribution is 0.447. The van der Waals surface area contributed by atoms with Gasteiger partial charge in [0.05, 0.1) is 0 Å². The standard InChI is InChI=1S/C13H16F3N/c14-11-7-10(8-12(15)13(11)16)17-6-5-9-3-1-2-4-9/h7-9,17H,1-6H2. The summed E-state index contributed by atoms with van der Waals surface area (Å²) in [7, 11) is 0. The Morgan fingerprint density at radius 3 is 2.24 bits per heavy atom. The fourth-order valence-electron chi connectivity index (χ4n) is 2.38. The van der Waals surface area contributed by atoms with Gasteiger partial charge >= 0.3 is 0 Å². The van der Waals surface area contributed by atoms with Gasteiger partial charge in [-0.1, -0.05) is 25.7 Å². The minimum Gasteiger partial charge on any atom is -0.385 e. The van der Waals surface area contributed by atoms with Gasteiger partial charge in [0.25, 0.3) is 0 Å². The van der Waals surface area contributed by atoms with E-state index in [1.165, 1.54) is 25.7 Å². The van der Waals surface area contributed by atoms with Crippen molar-refractivity contribution in [2.75, 3.05) is 11.9 Å². The summed E-state index contributed by atoms with van der Waals surface area (Å²) in [4.78, 5) is 0. The van der Waals surface area contributed by atoms with Crippen LogP contribution in [0, 0.1) is 23.4 Å². The molecule has 0 bridgehead atoms. The van der Waals surface area contributed by atoms with Crippen LogP contribution in [0.2, 0.25) is 0 Å². The Hall–Kier alpha value is -1.19. The second-order valence-electron chi connectivity index (χ2n) is 4.62. The van der Waals surface area contributed by atoms with Crippen LogP contribution in [-0.2, 0) is 0 Å². The summed E-state index contributed by atoms with van der Waals surface area (Å²) in [6.07, 6.45) is 6.05. The van der Waals surface area contributed by atoms with Crippen LogP contribution in [0.4, 0.5) is 18.9 Å². The average Bonchev–Trinajstić information content (AvgIpc) is 2.79. The Labute approximate surface area is 99.0 Å². The van der Waals surface area contributed by atoms with E-state index in [-0.39, 0.29) is 0 Å². The van der Waals surface area contributed by atoms with Gasteiger partial charge in [-0.15, -0.1) is 0 Å². The van der Waals surface area contributed by atoms with E-state index < -0.39 is 17.5 Å². The Kier molecular flexibility index (Phi) is 3.92. The smallest absolute Gasteiger partial charge is 0.194 e. The molecule has 0 amide bonds. The minimum absolute atomic E-state index is 0.305. The molecule has 0 heterocycles. The maximum Gasteiger partial charge on any atom is 0.194 e. The van der Waals surface area contributed by atoms with Gasteiger partial charge in [-0.3, -0.25) is 0 Å². The van der Waals surface area contributed by atoms with Gasteiger partial charge in [-0.25, -0.2) is 13.2 Å². The van der Waals surface area contributed by atoms with Gasteiger partial charge in [0, 0.05) is 24.4 Å². The van der Waals surface area contributed by atoms with E-state index in [1.54, 1.807) is 0 Å². The third kappa shape index (κ3) is 3.14. The highest BCUT2D eigenvalue weighted by Crippen LogP contribution is 2.27. The van der Waals surface area contributed by atoms with Crippen LogP contribution in [0.25, 0.3) is 0 Å². The lowest BCUT2D eigenvalue weighted by Crippen LogP contribution is -2.07. The quantitative estimate of drug-likeness (QED) is 0.785. The largest absolute Gasteiger partial charge is 0.385 e. The van der Waals surface area contributed by atoms with Crippen LogP contribution in [-0.4, -0.2) is 6.54 Å². The van der Waals surface area contributed by atoms with E-state index >= 15 is 0 Å².